The van der Waals surface area contributed by atoms with Crippen LogP contribution in [0.25, 0.3) is 28.1 Å². The second-order valence-corrected chi connectivity index (χ2v) is 13.6. The van der Waals surface area contributed by atoms with Crippen LogP contribution in [-0.2, 0) is 21.3 Å². The fraction of sp³-hybridized carbons (Fsp3) is 0.500. The molecule has 242 valence electrons. The van der Waals surface area contributed by atoms with Gasteiger partial charge in [0.25, 0.3) is 5.91 Å². The molecule has 0 radical (unpaired) electrons. The van der Waals surface area contributed by atoms with Gasteiger partial charge >= 0.3 is 6.55 Å². The highest BCUT2D eigenvalue weighted by Crippen LogP contribution is 2.38. The number of hydrogen-bond acceptors (Lipinski definition) is 8. The molecule has 0 aromatic carbocycles. The van der Waals surface area contributed by atoms with Gasteiger partial charge in [0.05, 0.1) is 30.9 Å². The number of methoxy groups -OCH3 is 1. The number of piperidine rings is 1. The lowest BCUT2D eigenvalue weighted by Crippen LogP contribution is -2.53. The molecule has 0 bridgehead atoms. The van der Waals surface area contributed by atoms with E-state index in [0.717, 1.165) is 24.8 Å². The molecule has 2 fully saturated rings. The third-order valence-electron chi connectivity index (χ3n) is 8.50. The molecule has 2 N–H and O–H groups in total. The van der Waals surface area contributed by atoms with Crippen molar-refractivity contribution in [2.24, 2.45) is 11.7 Å². The first kappa shape index (κ1) is 31.2. The lowest BCUT2D eigenvalue weighted by molar-refractivity contribution is 0.00178. The van der Waals surface area contributed by atoms with Crippen LogP contribution in [0.4, 0.5) is 14.6 Å². The molecule has 12 nitrogen and oxygen atoms in total. The van der Waals surface area contributed by atoms with Gasteiger partial charge in [-0.3, -0.25) is 9.20 Å². The molecule has 0 unspecified atom stereocenters. The molecule has 1 aliphatic carbocycles. The molecule has 2 aliphatic rings. The lowest BCUT2D eigenvalue weighted by Gasteiger charge is -2.36. The van der Waals surface area contributed by atoms with Crippen molar-refractivity contribution in [3.8, 4) is 17.3 Å². The van der Waals surface area contributed by atoms with Crippen molar-refractivity contribution in [3.05, 3.63) is 41.6 Å². The molecule has 1 aliphatic heterocycles. The number of aromatic nitrogens is 4. The zero-order valence-electron chi connectivity index (χ0n) is 25.6. The van der Waals surface area contributed by atoms with Gasteiger partial charge in [0.1, 0.15) is 22.8 Å². The minimum atomic E-state index is -4.28. The largest absolute Gasteiger partial charge is 0.482 e. The van der Waals surface area contributed by atoms with E-state index in [9.17, 15) is 22.0 Å². The summed E-state index contributed by atoms with van der Waals surface area (Å²) in [6, 6.07) is 7.86. The van der Waals surface area contributed by atoms with Crippen LogP contribution in [0.2, 0.25) is 0 Å². The maximum Gasteiger partial charge on any atom is 0.329 e. The van der Waals surface area contributed by atoms with Crippen LogP contribution in [0.15, 0.2) is 30.3 Å². The van der Waals surface area contributed by atoms with Gasteiger partial charge in [-0.1, -0.05) is 0 Å². The second-order valence-electron chi connectivity index (χ2n) is 11.7. The van der Waals surface area contributed by atoms with E-state index in [1.165, 1.54) is 13.2 Å². The van der Waals surface area contributed by atoms with Crippen LogP contribution >= 0.6 is 0 Å². The first-order valence-corrected chi connectivity index (χ1v) is 16.8. The number of alkyl halides is 2. The molecule has 5 heterocycles. The van der Waals surface area contributed by atoms with Gasteiger partial charge in [0.15, 0.2) is 5.88 Å². The van der Waals surface area contributed by atoms with Crippen LogP contribution in [-0.4, -0.2) is 89.9 Å². The number of rotatable bonds is 10. The number of nitrogens with two attached hydrogens (primary N) is 1. The minimum Gasteiger partial charge on any atom is -0.482 e. The van der Waals surface area contributed by atoms with Gasteiger partial charge in [-0.25, -0.2) is 18.4 Å². The van der Waals surface area contributed by atoms with Crippen molar-refractivity contribution in [2.75, 3.05) is 37.4 Å². The number of carbonyl (C=O) groups is 1. The van der Waals surface area contributed by atoms with Gasteiger partial charge in [0.2, 0.25) is 10.0 Å². The summed E-state index contributed by atoms with van der Waals surface area (Å²) in [5.74, 6) is 0.257. The number of likely N-dealkylation sites (tertiary alicyclic amines) is 1. The average Bonchev–Trinajstić information content (AvgIpc) is 3.66. The molecular formula is C30H37F2N7O5S. The number of hydrogen-bond donors (Lipinski definition) is 1. The highest BCUT2D eigenvalue weighted by atomic mass is 32.2. The Morgan fingerprint density at radius 1 is 1.18 bits per heavy atom. The number of imidazole rings is 1. The van der Waals surface area contributed by atoms with Crippen LogP contribution in [0.1, 0.15) is 42.2 Å². The molecule has 1 amide bonds. The summed E-state index contributed by atoms with van der Waals surface area (Å²) in [6.45, 7) is 2.54. The number of fused-ring (bicyclic) bond motifs is 2. The van der Waals surface area contributed by atoms with E-state index in [-0.39, 0.29) is 28.2 Å². The first-order valence-electron chi connectivity index (χ1n) is 14.9. The van der Waals surface area contributed by atoms with E-state index in [2.05, 4.69) is 4.98 Å². The van der Waals surface area contributed by atoms with E-state index in [4.69, 9.17) is 20.2 Å². The minimum absolute atomic E-state index is 0.0202. The normalized spacial score (nSPS) is 19.2. The third-order valence-corrected chi connectivity index (χ3v) is 9.56. The second kappa shape index (κ2) is 11.8. The number of anilines is 1. The Bertz CT molecular complexity index is 1870. The molecule has 1 saturated heterocycles. The molecular weight excluding hydrogens is 608 g/mol. The molecule has 45 heavy (non-hydrogen) atoms. The van der Waals surface area contributed by atoms with E-state index in [1.54, 1.807) is 23.1 Å². The highest BCUT2D eigenvalue weighted by Gasteiger charge is 2.32. The standard InChI is InChI=1S/C30H37F2N7O5S/c1-5-44-23-10-11-36(16-21(23)33)29(40)20-13-25-34-27(17(2)38(25)26(14-20)43-3)22-12-19-8-9-24(39(30(31)32)45(4,41)42)35-28(19)37(22)15-18-6-7-18/h8-9,12-14,18,21,23,30H,5-7,10-11,15-16,33H2,1-4H3/t21-,23+/m0/s1. The van der Waals surface area contributed by atoms with Gasteiger partial charge in [0, 0.05) is 49.3 Å². The van der Waals surface area contributed by atoms with E-state index in [0.29, 0.717) is 78.1 Å². The summed E-state index contributed by atoms with van der Waals surface area (Å²) in [7, 11) is -2.75. The summed E-state index contributed by atoms with van der Waals surface area (Å²) in [4.78, 5) is 24.7. The molecule has 4 aromatic heterocycles. The zero-order chi connectivity index (χ0) is 32.2. The van der Waals surface area contributed by atoms with Crippen molar-refractivity contribution >= 4 is 38.4 Å². The zero-order valence-corrected chi connectivity index (χ0v) is 26.4. The Hall–Kier alpha value is -3.82. The summed E-state index contributed by atoms with van der Waals surface area (Å²) < 4.78 is 67.2. The van der Waals surface area contributed by atoms with E-state index >= 15 is 0 Å². The van der Waals surface area contributed by atoms with Crippen molar-refractivity contribution < 1.29 is 31.5 Å². The fourth-order valence-corrected chi connectivity index (χ4v) is 6.87. The van der Waals surface area contributed by atoms with Gasteiger partial charge in [-0.2, -0.15) is 13.1 Å². The molecule has 15 heteroatoms. The molecule has 6 rings (SSSR count). The quantitative estimate of drug-likeness (QED) is 0.258. The number of carbonyl (C=O) groups excluding carboxylic acids is 1. The molecule has 0 spiro atoms. The Morgan fingerprint density at radius 3 is 2.56 bits per heavy atom. The van der Waals surface area contributed by atoms with Gasteiger partial charge in [-0.15, -0.1) is 0 Å². The Morgan fingerprint density at radius 2 is 1.93 bits per heavy atom. The monoisotopic (exact) mass is 645 g/mol. The number of amides is 1. The number of ether oxygens (including phenoxy) is 2. The average molecular weight is 646 g/mol. The topological polar surface area (TPSA) is 137 Å². The fourth-order valence-electron chi connectivity index (χ4n) is 6.14. The maximum atomic E-state index is 13.8. The number of aryl methyl sites for hydroxylation is 1. The summed E-state index contributed by atoms with van der Waals surface area (Å²) in [6.07, 6.45) is 3.31. The lowest BCUT2D eigenvalue weighted by atomic mass is 10.0. The van der Waals surface area contributed by atoms with Crippen LogP contribution in [0, 0.1) is 12.8 Å². The van der Waals surface area contributed by atoms with Gasteiger partial charge in [-0.05, 0) is 63.3 Å². The maximum absolute atomic E-state index is 13.8. The van der Waals surface area contributed by atoms with Crippen molar-refractivity contribution in [1.29, 1.82) is 0 Å². The third kappa shape index (κ3) is 5.84. The smallest absolute Gasteiger partial charge is 0.329 e. The number of nitrogens with zero attached hydrogens (tertiary/aromatic N) is 6. The predicted octanol–water partition coefficient (Wildman–Crippen LogP) is 3.64. The van der Waals surface area contributed by atoms with Crippen LogP contribution < -0.4 is 14.8 Å². The Labute approximate surface area is 259 Å². The highest BCUT2D eigenvalue weighted by molar-refractivity contribution is 7.92. The SMILES string of the molecule is CCO[C@@H]1CCN(C(=O)c2cc(OC)n3c(C)c(-c4cc5ccc(N(C(F)F)S(C)(=O)=O)nc5n4CC4CC4)nc3c2)C[C@@H]1N. The molecule has 2 atom stereocenters. The van der Waals surface area contributed by atoms with Crippen molar-refractivity contribution in [3.63, 3.8) is 0 Å². The predicted molar refractivity (Wildman–Crippen MR) is 165 cm³/mol. The van der Waals surface area contributed by atoms with E-state index in [1.807, 2.05) is 28.9 Å². The Kier molecular flexibility index (Phi) is 8.20. The first-order chi connectivity index (χ1) is 21.4. The number of pyridine rings is 2. The number of sulfonamides is 1. The number of halogens is 2. The molecule has 1 saturated carbocycles. The van der Waals surface area contributed by atoms with Crippen molar-refractivity contribution in [1.82, 2.24) is 23.8 Å². The summed E-state index contributed by atoms with van der Waals surface area (Å²) >= 11 is 0. The molecule has 4 aromatic rings. The summed E-state index contributed by atoms with van der Waals surface area (Å²) in [5, 5.41) is 0.656. The summed E-state index contributed by atoms with van der Waals surface area (Å²) in [5.41, 5.74) is 9.65. The van der Waals surface area contributed by atoms with Crippen LogP contribution in [0.5, 0.6) is 5.88 Å². The Balaban J connectivity index is 1.43. The van der Waals surface area contributed by atoms with Crippen LogP contribution in [0.3, 0.4) is 0 Å². The van der Waals surface area contributed by atoms with Gasteiger partial charge < -0.3 is 24.7 Å². The van der Waals surface area contributed by atoms with E-state index < -0.39 is 16.6 Å². The van der Waals surface area contributed by atoms with Crippen molar-refractivity contribution in [2.45, 2.75) is 58.3 Å².